The van der Waals surface area contributed by atoms with Gasteiger partial charge in [0.15, 0.2) is 0 Å². The van der Waals surface area contributed by atoms with Crippen molar-refractivity contribution in [1.29, 1.82) is 0 Å². The molecular formula is C11H13ClN2O. The average Bonchev–Trinajstić information content (AvgIpc) is 2.21. The minimum Gasteiger partial charge on any atom is -0.391 e. The molecule has 80 valence electrons. The Kier molecular flexibility index (Phi) is 4.18. The Morgan fingerprint density at radius 2 is 2.07 bits per heavy atom. The Hall–Kier alpha value is -1.48. The predicted molar refractivity (Wildman–Crippen MR) is 62.9 cm³/mol. The zero-order valence-electron chi connectivity index (χ0n) is 8.67. The molecule has 1 aromatic carbocycles. The molecule has 0 aromatic heterocycles. The highest BCUT2D eigenvalue weighted by atomic mass is 35.5. The summed E-state index contributed by atoms with van der Waals surface area (Å²) in [6, 6.07) is 7.11. The Bertz CT molecular complexity index is 388. The quantitative estimate of drug-likeness (QED) is 0.775. The molecule has 0 saturated carbocycles. The highest BCUT2D eigenvalue weighted by molar-refractivity contribution is 6.33. The summed E-state index contributed by atoms with van der Waals surface area (Å²) in [7, 11) is 1.76. The fourth-order valence-corrected chi connectivity index (χ4v) is 1.18. The van der Waals surface area contributed by atoms with Crippen molar-refractivity contribution >= 4 is 23.2 Å². The third-order valence-electron chi connectivity index (χ3n) is 1.87. The zero-order chi connectivity index (χ0) is 11.3. The summed E-state index contributed by atoms with van der Waals surface area (Å²) in [5.41, 5.74) is 1.41. The second-order valence-electron chi connectivity index (χ2n) is 3.05. The molecule has 15 heavy (non-hydrogen) atoms. The lowest BCUT2D eigenvalue weighted by Gasteiger charge is -2.04. The van der Waals surface area contributed by atoms with Gasteiger partial charge < -0.3 is 10.6 Å². The summed E-state index contributed by atoms with van der Waals surface area (Å²) in [6.07, 6.45) is 1.48. The summed E-state index contributed by atoms with van der Waals surface area (Å²) in [5, 5.41) is 6.08. The summed E-state index contributed by atoms with van der Waals surface area (Å²) >= 11 is 5.89. The third kappa shape index (κ3) is 3.64. The van der Waals surface area contributed by atoms with E-state index in [1.165, 1.54) is 6.08 Å². The number of anilines is 1. The van der Waals surface area contributed by atoms with Gasteiger partial charge in [0.05, 0.1) is 10.7 Å². The number of carbonyl (C=O) groups is 1. The Labute approximate surface area is 94.1 Å². The van der Waals surface area contributed by atoms with Crippen molar-refractivity contribution in [1.82, 2.24) is 5.32 Å². The fourth-order valence-electron chi connectivity index (χ4n) is 1.00. The lowest BCUT2D eigenvalue weighted by molar-refractivity contribution is -0.112. The van der Waals surface area contributed by atoms with Crippen LogP contribution in [0, 0.1) is 0 Å². The van der Waals surface area contributed by atoms with Gasteiger partial charge in [-0.05, 0) is 19.1 Å². The Morgan fingerprint density at radius 3 is 2.67 bits per heavy atom. The molecule has 0 saturated heterocycles. The molecule has 2 N–H and O–H groups in total. The van der Waals surface area contributed by atoms with Crippen molar-refractivity contribution < 1.29 is 4.79 Å². The third-order valence-corrected chi connectivity index (χ3v) is 2.20. The number of hydrogen-bond acceptors (Lipinski definition) is 2. The minimum atomic E-state index is -0.199. The predicted octanol–water partition coefficient (Wildman–Crippen LogP) is 2.40. The second kappa shape index (κ2) is 5.41. The normalized spacial score (nSPS) is 11.0. The van der Waals surface area contributed by atoms with E-state index in [1.54, 1.807) is 19.2 Å². The molecule has 3 nitrogen and oxygen atoms in total. The molecule has 0 unspecified atom stereocenters. The minimum absolute atomic E-state index is 0.199. The monoisotopic (exact) mass is 224 g/mol. The van der Waals surface area contributed by atoms with Crippen LogP contribution in [0.2, 0.25) is 5.02 Å². The summed E-state index contributed by atoms with van der Waals surface area (Å²) in [4.78, 5) is 11.4. The first-order valence-electron chi connectivity index (χ1n) is 4.55. The number of benzene rings is 1. The van der Waals surface area contributed by atoms with Crippen LogP contribution in [-0.4, -0.2) is 13.0 Å². The van der Waals surface area contributed by atoms with Gasteiger partial charge in [-0.1, -0.05) is 23.7 Å². The van der Waals surface area contributed by atoms with Crippen LogP contribution >= 0.6 is 11.6 Å². The van der Waals surface area contributed by atoms with E-state index in [0.717, 1.165) is 5.70 Å². The first kappa shape index (κ1) is 11.6. The number of para-hydroxylation sites is 1. The van der Waals surface area contributed by atoms with Crippen LogP contribution in [0.1, 0.15) is 6.92 Å². The average molecular weight is 225 g/mol. The number of allylic oxidation sites excluding steroid dienone is 1. The lowest BCUT2D eigenvalue weighted by atomic mass is 10.3. The van der Waals surface area contributed by atoms with Crippen molar-refractivity contribution in [3.8, 4) is 0 Å². The lowest BCUT2D eigenvalue weighted by Crippen LogP contribution is -2.12. The van der Waals surface area contributed by atoms with Crippen LogP contribution in [-0.2, 0) is 4.79 Å². The van der Waals surface area contributed by atoms with E-state index in [0.29, 0.717) is 10.7 Å². The Balaban J connectivity index is 2.71. The molecule has 0 fully saturated rings. The maximum absolute atomic E-state index is 11.4. The van der Waals surface area contributed by atoms with E-state index in [4.69, 9.17) is 11.6 Å². The zero-order valence-corrected chi connectivity index (χ0v) is 9.43. The number of carbonyl (C=O) groups excluding carboxylic acids is 1. The maximum Gasteiger partial charge on any atom is 0.250 e. The van der Waals surface area contributed by atoms with E-state index in [1.807, 2.05) is 19.1 Å². The Morgan fingerprint density at radius 1 is 1.40 bits per heavy atom. The van der Waals surface area contributed by atoms with Gasteiger partial charge in [-0.25, -0.2) is 0 Å². The molecule has 1 amide bonds. The fraction of sp³-hybridized carbons (Fsp3) is 0.182. The molecule has 0 bridgehead atoms. The summed E-state index contributed by atoms with van der Waals surface area (Å²) in [5.74, 6) is -0.199. The standard InChI is InChI=1S/C11H13ClN2O/c1-8(13-2)7-11(15)14-10-6-4-3-5-9(10)12/h3-7,13H,1-2H3,(H,14,15)/b8-7+. The largest absolute Gasteiger partial charge is 0.391 e. The van der Waals surface area contributed by atoms with Gasteiger partial charge in [-0.2, -0.15) is 0 Å². The number of nitrogens with one attached hydrogen (secondary N) is 2. The van der Waals surface area contributed by atoms with Crippen LogP contribution in [0.3, 0.4) is 0 Å². The van der Waals surface area contributed by atoms with Gasteiger partial charge in [0, 0.05) is 18.8 Å². The highest BCUT2D eigenvalue weighted by Crippen LogP contribution is 2.20. The first-order chi connectivity index (χ1) is 7.13. The van der Waals surface area contributed by atoms with Crippen molar-refractivity contribution in [2.75, 3.05) is 12.4 Å². The van der Waals surface area contributed by atoms with Crippen LogP contribution in [0.25, 0.3) is 0 Å². The molecule has 0 atom stereocenters. The van der Waals surface area contributed by atoms with E-state index >= 15 is 0 Å². The number of halogens is 1. The van der Waals surface area contributed by atoms with Gasteiger partial charge in [0.25, 0.3) is 0 Å². The molecule has 0 aliphatic rings. The topological polar surface area (TPSA) is 41.1 Å². The smallest absolute Gasteiger partial charge is 0.250 e. The van der Waals surface area contributed by atoms with Gasteiger partial charge in [0.2, 0.25) is 5.91 Å². The van der Waals surface area contributed by atoms with Crippen LogP contribution in [0.5, 0.6) is 0 Å². The molecule has 0 radical (unpaired) electrons. The number of rotatable bonds is 3. The maximum atomic E-state index is 11.4. The summed E-state index contributed by atoms with van der Waals surface area (Å²) in [6.45, 7) is 1.81. The molecule has 0 aliphatic heterocycles. The van der Waals surface area contributed by atoms with E-state index < -0.39 is 0 Å². The van der Waals surface area contributed by atoms with Gasteiger partial charge in [-0.3, -0.25) is 4.79 Å². The second-order valence-corrected chi connectivity index (χ2v) is 3.45. The van der Waals surface area contributed by atoms with Gasteiger partial charge in [0.1, 0.15) is 0 Å². The molecule has 4 heteroatoms. The first-order valence-corrected chi connectivity index (χ1v) is 4.93. The van der Waals surface area contributed by atoms with Gasteiger partial charge in [-0.15, -0.1) is 0 Å². The van der Waals surface area contributed by atoms with E-state index in [-0.39, 0.29) is 5.91 Å². The van der Waals surface area contributed by atoms with Crippen molar-refractivity contribution in [3.05, 3.63) is 41.1 Å². The van der Waals surface area contributed by atoms with Crippen LogP contribution < -0.4 is 10.6 Å². The molecule has 1 aromatic rings. The van der Waals surface area contributed by atoms with Crippen LogP contribution in [0.4, 0.5) is 5.69 Å². The van der Waals surface area contributed by atoms with E-state index in [9.17, 15) is 4.79 Å². The summed E-state index contributed by atoms with van der Waals surface area (Å²) < 4.78 is 0. The van der Waals surface area contributed by atoms with Crippen molar-refractivity contribution in [2.45, 2.75) is 6.92 Å². The molecule has 0 spiro atoms. The van der Waals surface area contributed by atoms with Crippen molar-refractivity contribution in [2.24, 2.45) is 0 Å². The van der Waals surface area contributed by atoms with Crippen LogP contribution in [0.15, 0.2) is 36.0 Å². The van der Waals surface area contributed by atoms with Crippen molar-refractivity contribution in [3.63, 3.8) is 0 Å². The number of amides is 1. The molecule has 0 heterocycles. The number of hydrogen-bond donors (Lipinski definition) is 2. The van der Waals surface area contributed by atoms with E-state index in [2.05, 4.69) is 10.6 Å². The molecule has 1 rings (SSSR count). The highest BCUT2D eigenvalue weighted by Gasteiger charge is 2.02. The molecular weight excluding hydrogens is 212 g/mol. The molecule has 0 aliphatic carbocycles. The van der Waals surface area contributed by atoms with Gasteiger partial charge >= 0.3 is 0 Å². The SMILES string of the molecule is CN/C(C)=C/C(=O)Nc1ccccc1Cl.